The van der Waals surface area contributed by atoms with Crippen molar-refractivity contribution in [2.45, 2.75) is 69.3 Å². The van der Waals surface area contributed by atoms with Gasteiger partial charge in [-0.05, 0) is 30.9 Å². The van der Waals surface area contributed by atoms with Crippen molar-refractivity contribution in [2.24, 2.45) is 11.8 Å². The molecule has 2 fully saturated rings. The molecule has 10 nitrogen and oxygen atoms in total. The lowest BCUT2D eigenvalue weighted by molar-refractivity contribution is -0.159. The summed E-state index contributed by atoms with van der Waals surface area (Å²) in [6.07, 6.45) is 7.75. The number of carbonyl (C=O) groups excluding carboxylic acids is 4. The number of fused-ring (bicyclic) bond motifs is 2. The van der Waals surface area contributed by atoms with Crippen LogP contribution in [0.25, 0.3) is 0 Å². The van der Waals surface area contributed by atoms with Gasteiger partial charge >= 0.3 is 5.97 Å². The van der Waals surface area contributed by atoms with Gasteiger partial charge in [0.25, 0.3) is 0 Å². The van der Waals surface area contributed by atoms with Crippen molar-refractivity contribution in [1.82, 2.24) is 15.1 Å². The summed E-state index contributed by atoms with van der Waals surface area (Å²) in [6.45, 7) is 2.99. The Labute approximate surface area is 260 Å². The van der Waals surface area contributed by atoms with Gasteiger partial charge in [-0.1, -0.05) is 78.2 Å². The first kappa shape index (κ1) is 31.4. The number of cyclic esters (lactones) is 1. The second-order valence-electron chi connectivity index (χ2n) is 11.6. The molecular formula is C32H40BrN3O7. The number of allylic oxidation sites excluding steroid dienone is 1. The van der Waals surface area contributed by atoms with E-state index in [0.717, 1.165) is 19.3 Å². The predicted octanol–water partition coefficient (Wildman–Crippen LogP) is 3.01. The molecule has 1 spiro atoms. The number of unbranched alkanes of at least 4 members (excludes halogenated alkanes) is 2. The normalized spacial score (nSPS) is 32.0. The van der Waals surface area contributed by atoms with Gasteiger partial charge in [0, 0.05) is 37.1 Å². The zero-order valence-corrected chi connectivity index (χ0v) is 26.0. The van der Waals surface area contributed by atoms with Crippen LogP contribution >= 0.6 is 15.9 Å². The molecule has 4 heterocycles. The molecule has 0 saturated carbocycles. The van der Waals surface area contributed by atoms with E-state index in [4.69, 9.17) is 9.47 Å². The van der Waals surface area contributed by atoms with Crippen LogP contribution in [0.1, 0.15) is 57.1 Å². The summed E-state index contributed by atoms with van der Waals surface area (Å²) in [6, 6.07) is 8.16. The Bertz CT molecular complexity index is 1270. The molecule has 2 N–H and O–H groups in total. The quantitative estimate of drug-likeness (QED) is 0.250. The van der Waals surface area contributed by atoms with Crippen LogP contribution < -0.4 is 5.32 Å². The molecular weight excluding hydrogens is 618 g/mol. The third kappa shape index (κ3) is 6.17. The number of hydrogen-bond donors (Lipinski definition) is 2. The molecule has 232 valence electrons. The fourth-order valence-corrected chi connectivity index (χ4v) is 7.44. The number of ether oxygens (including phenoxy) is 2. The Morgan fingerprint density at radius 3 is 2.58 bits per heavy atom. The van der Waals surface area contributed by atoms with Crippen LogP contribution in [0, 0.1) is 11.8 Å². The maximum absolute atomic E-state index is 14.4. The van der Waals surface area contributed by atoms with Crippen molar-refractivity contribution in [2.75, 3.05) is 32.8 Å². The molecule has 5 bridgehead atoms. The minimum Gasteiger partial charge on any atom is -0.455 e. The lowest BCUT2D eigenvalue weighted by Crippen LogP contribution is -2.56. The molecule has 2 saturated heterocycles. The maximum atomic E-state index is 14.4. The van der Waals surface area contributed by atoms with Crippen molar-refractivity contribution >= 4 is 39.6 Å². The fraction of sp³-hybridized carbons (Fsp3) is 0.562. The monoisotopic (exact) mass is 657 g/mol. The third-order valence-corrected chi connectivity index (χ3v) is 9.46. The summed E-state index contributed by atoms with van der Waals surface area (Å²) < 4.78 is 13.2. The Balaban J connectivity index is 1.55. The van der Waals surface area contributed by atoms with Crippen LogP contribution in [0.3, 0.4) is 0 Å². The highest BCUT2D eigenvalue weighted by Crippen LogP contribution is 2.59. The molecule has 0 unspecified atom stereocenters. The van der Waals surface area contributed by atoms with Gasteiger partial charge in [-0.2, -0.15) is 0 Å². The van der Waals surface area contributed by atoms with E-state index in [-0.39, 0.29) is 50.3 Å². The number of esters is 1. The smallest absolute Gasteiger partial charge is 0.313 e. The van der Waals surface area contributed by atoms with E-state index in [1.165, 1.54) is 4.90 Å². The van der Waals surface area contributed by atoms with Crippen molar-refractivity contribution in [3.05, 3.63) is 58.6 Å². The number of likely N-dealkylation sites (tertiary alicyclic amines) is 1. The Morgan fingerprint density at radius 1 is 1.05 bits per heavy atom. The number of nitrogens with zero attached hydrogens (tertiary/aromatic N) is 2. The molecule has 4 aliphatic heterocycles. The first-order chi connectivity index (χ1) is 20.8. The number of rotatable bonds is 8. The molecule has 4 aliphatic rings. The number of aliphatic hydroxyl groups is 1. The standard InChI is InChI=1S/C32H40BrN3O7/c1-2-3-9-15-35-16-10-5-8-14-24(38)34-20-23(21-12-6-4-7-13-21)42-31(41)25-26-29(39)36(17-11-18-37)28(30(35)40)32(26)19-22(33)27(25)43-32/h4-7,10,12-13,19,23,25-28,37H,2-3,8-9,11,14-18,20H2,1H3,(H,34,38)/b10-5-/t23-,25-,26+,27-,28-,32+/m1/s1. The van der Waals surface area contributed by atoms with Crippen LogP contribution in [-0.2, 0) is 28.7 Å². The number of carbonyl (C=O) groups is 4. The number of nitrogens with one attached hydrogen (secondary N) is 1. The van der Waals surface area contributed by atoms with E-state index in [0.29, 0.717) is 29.6 Å². The van der Waals surface area contributed by atoms with Crippen molar-refractivity contribution in [3.63, 3.8) is 0 Å². The van der Waals surface area contributed by atoms with E-state index in [1.807, 2.05) is 42.5 Å². The highest BCUT2D eigenvalue weighted by atomic mass is 79.9. The number of halogens is 1. The zero-order valence-electron chi connectivity index (χ0n) is 24.5. The minimum atomic E-state index is -1.35. The summed E-state index contributed by atoms with van der Waals surface area (Å²) in [7, 11) is 0. The SMILES string of the molecule is CCCCCN1C/C=C\CCC(=O)NC[C@H](c2ccccc2)OC(=O)[C@H]2[C@@H]3O[C@@]4(C=C3Br)[C@@H]2C(=O)N(CCCO)[C@@H]4C1=O. The van der Waals surface area contributed by atoms with Gasteiger partial charge in [0.2, 0.25) is 17.7 Å². The molecule has 0 aliphatic carbocycles. The summed E-state index contributed by atoms with van der Waals surface area (Å²) >= 11 is 3.57. The Hall–Kier alpha value is -3.02. The van der Waals surface area contributed by atoms with E-state index in [2.05, 4.69) is 28.2 Å². The molecule has 43 heavy (non-hydrogen) atoms. The van der Waals surface area contributed by atoms with Crippen molar-refractivity contribution in [1.29, 1.82) is 0 Å². The van der Waals surface area contributed by atoms with Crippen LogP contribution in [0.4, 0.5) is 0 Å². The van der Waals surface area contributed by atoms with Gasteiger partial charge < -0.3 is 29.7 Å². The number of amides is 3. The molecule has 0 radical (unpaired) electrons. The Kier molecular flexibility index (Phi) is 10.0. The minimum absolute atomic E-state index is 0.0756. The van der Waals surface area contributed by atoms with Gasteiger partial charge in [-0.3, -0.25) is 19.2 Å². The number of hydrogen-bond acceptors (Lipinski definition) is 7. The molecule has 11 heteroatoms. The van der Waals surface area contributed by atoms with E-state index < -0.39 is 41.7 Å². The molecule has 6 atom stereocenters. The topological polar surface area (TPSA) is 125 Å². The second kappa shape index (κ2) is 13.7. The lowest BCUT2D eigenvalue weighted by atomic mass is 9.74. The third-order valence-electron chi connectivity index (χ3n) is 8.78. The molecule has 3 amide bonds. The van der Waals surface area contributed by atoms with Crippen LogP contribution in [0.5, 0.6) is 0 Å². The molecule has 1 aromatic carbocycles. The van der Waals surface area contributed by atoms with Gasteiger partial charge in [0.1, 0.15) is 29.8 Å². The highest BCUT2D eigenvalue weighted by molar-refractivity contribution is 9.11. The van der Waals surface area contributed by atoms with Gasteiger partial charge in [-0.25, -0.2) is 0 Å². The zero-order chi connectivity index (χ0) is 30.6. The molecule has 5 rings (SSSR count). The van der Waals surface area contributed by atoms with Crippen LogP contribution in [0.15, 0.2) is 53.0 Å². The maximum Gasteiger partial charge on any atom is 0.313 e. The highest BCUT2D eigenvalue weighted by Gasteiger charge is 2.74. The van der Waals surface area contributed by atoms with Gasteiger partial charge in [0.15, 0.2) is 0 Å². The van der Waals surface area contributed by atoms with E-state index in [1.54, 1.807) is 11.0 Å². The Morgan fingerprint density at radius 2 is 1.84 bits per heavy atom. The number of benzene rings is 1. The summed E-state index contributed by atoms with van der Waals surface area (Å²) in [4.78, 5) is 58.5. The van der Waals surface area contributed by atoms with Crippen molar-refractivity contribution < 1.29 is 33.8 Å². The summed E-state index contributed by atoms with van der Waals surface area (Å²) in [5, 5.41) is 12.5. The lowest BCUT2D eigenvalue weighted by Gasteiger charge is -2.36. The number of aliphatic hydroxyl groups excluding tert-OH is 1. The van der Waals surface area contributed by atoms with Gasteiger partial charge in [-0.15, -0.1) is 0 Å². The average molecular weight is 659 g/mol. The summed E-state index contributed by atoms with van der Waals surface area (Å²) in [5.74, 6) is -3.38. The largest absolute Gasteiger partial charge is 0.455 e. The second-order valence-corrected chi connectivity index (χ2v) is 12.5. The predicted molar refractivity (Wildman–Crippen MR) is 162 cm³/mol. The average Bonchev–Trinajstić information content (AvgIpc) is 3.59. The van der Waals surface area contributed by atoms with E-state index in [9.17, 15) is 24.3 Å². The molecule has 0 aromatic heterocycles. The molecule has 1 aromatic rings. The van der Waals surface area contributed by atoms with Crippen LogP contribution in [-0.4, -0.2) is 89.1 Å². The first-order valence-electron chi connectivity index (χ1n) is 15.3. The van der Waals surface area contributed by atoms with E-state index >= 15 is 0 Å². The van der Waals surface area contributed by atoms with Crippen LogP contribution in [0.2, 0.25) is 0 Å². The van der Waals surface area contributed by atoms with Gasteiger partial charge in [0.05, 0.1) is 12.5 Å². The first-order valence-corrected chi connectivity index (χ1v) is 16.0. The summed E-state index contributed by atoms with van der Waals surface area (Å²) in [5.41, 5.74) is -0.644. The van der Waals surface area contributed by atoms with Crippen molar-refractivity contribution in [3.8, 4) is 0 Å². The fourth-order valence-electron chi connectivity index (χ4n) is 6.71.